The summed E-state index contributed by atoms with van der Waals surface area (Å²) in [4.78, 5) is 14.9. The van der Waals surface area contributed by atoms with Crippen molar-refractivity contribution in [3.8, 4) is 17.2 Å². The summed E-state index contributed by atoms with van der Waals surface area (Å²) >= 11 is 0. The zero-order chi connectivity index (χ0) is 21.3. The molecule has 0 bridgehead atoms. The van der Waals surface area contributed by atoms with Crippen LogP contribution in [0, 0.1) is 5.92 Å². The maximum atomic E-state index is 12.7. The highest BCUT2D eigenvalue weighted by Crippen LogP contribution is 2.29. The van der Waals surface area contributed by atoms with E-state index in [1.165, 1.54) is 0 Å². The summed E-state index contributed by atoms with van der Waals surface area (Å²) in [6, 6.07) is 15.3. The molecule has 2 aromatic rings. The molecular formula is C24H32N2O4. The molecular weight excluding hydrogens is 380 g/mol. The van der Waals surface area contributed by atoms with Crippen molar-refractivity contribution in [3.05, 3.63) is 54.1 Å². The molecule has 1 fully saturated rings. The maximum absolute atomic E-state index is 12.7. The van der Waals surface area contributed by atoms with E-state index in [0.717, 1.165) is 48.7 Å². The van der Waals surface area contributed by atoms with Crippen molar-refractivity contribution in [2.75, 3.05) is 40.5 Å². The molecule has 2 atom stereocenters. The SMILES string of the molecule is COc1ccc(OC)c(C(C)NC(=O)CN2CCCC(COc3ccccc3)C2)c1. The number of hydrogen-bond acceptors (Lipinski definition) is 5. The van der Waals surface area contributed by atoms with Crippen molar-refractivity contribution >= 4 is 5.91 Å². The van der Waals surface area contributed by atoms with Crippen LogP contribution in [0.15, 0.2) is 48.5 Å². The Bertz CT molecular complexity index is 812. The van der Waals surface area contributed by atoms with Gasteiger partial charge in [0.25, 0.3) is 0 Å². The van der Waals surface area contributed by atoms with Crippen molar-refractivity contribution < 1.29 is 19.0 Å². The first kappa shape index (κ1) is 22.0. The van der Waals surface area contributed by atoms with Crippen LogP contribution in [0.1, 0.15) is 31.4 Å². The van der Waals surface area contributed by atoms with Gasteiger partial charge in [0.2, 0.25) is 5.91 Å². The third-order valence-electron chi connectivity index (χ3n) is 5.48. The van der Waals surface area contributed by atoms with Crippen LogP contribution in [0.5, 0.6) is 17.2 Å². The lowest BCUT2D eigenvalue weighted by atomic mass is 9.99. The lowest BCUT2D eigenvalue weighted by Crippen LogP contribution is -2.44. The molecule has 0 aromatic heterocycles. The van der Waals surface area contributed by atoms with E-state index in [1.807, 2.05) is 55.5 Å². The monoisotopic (exact) mass is 412 g/mol. The Hall–Kier alpha value is -2.73. The fraction of sp³-hybridized carbons (Fsp3) is 0.458. The predicted octanol–water partition coefficient (Wildman–Crippen LogP) is 3.67. The van der Waals surface area contributed by atoms with Gasteiger partial charge in [0, 0.05) is 18.0 Å². The minimum atomic E-state index is -0.176. The molecule has 3 rings (SSSR count). The second-order valence-corrected chi connectivity index (χ2v) is 7.76. The number of nitrogens with zero attached hydrogens (tertiary/aromatic N) is 1. The number of ether oxygens (including phenoxy) is 3. The number of amides is 1. The van der Waals surface area contributed by atoms with E-state index in [1.54, 1.807) is 14.2 Å². The van der Waals surface area contributed by atoms with E-state index in [0.29, 0.717) is 19.1 Å². The number of hydrogen-bond donors (Lipinski definition) is 1. The molecule has 6 heteroatoms. The molecule has 0 aliphatic carbocycles. The highest BCUT2D eigenvalue weighted by Gasteiger charge is 2.23. The summed E-state index contributed by atoms with van der Waals surface area (Å²) in [5.41, 5.74) is 0.901. The first-order valence-corrected chi connectivity index (χ1v) is 10.5. The number of benzene rings is 2. The Balaban J connectivity index is 1.50. The Labute approximate surface area is 179 Å². The van der Waals surface area contributed by atoms with Crippen LogP contribution in [0.4, 0.5) is 0 Å². The summed E-state index contributed by atoms with van der Waals surface area (Å²) in [5, 5.41) is 3.09. The molecule has 6 nitrogen and oxygen atoms in total. The van der Waals surface area contributed by atoms with Crippen LogP contribution in [-0.2, 0) is 4.79 Å². The van der Waals surface area contributed by atoms with Crippen molar-refractivity contribution in [1.82, 2.24) is 10.2 Å². The number of carbonyl (C=O) groups excluding carboxylic acids is 1. The molecule has 1 heterocycles. The van der Waals surface area contributed by atoms with E-state index >= 15 is 0 Å². The number of methoxy groups -OCH3 is 2. The molecule has 0 spiro atoms. The van der Waals surface area contributed by atoms with Gasteiger partial charge in [-0.2, -0.15) is 0 Å². The number of nitrogens with one attached hydrogen (secondary N) is 1. The molecule has 0 saturated carbocycles. The van der Waals surface area contributed by atoms with Crippen molar-refractivity contribution in [3.63, 3.8) is 0 Å². The Morgan fingerprint density at radius 2 is 1.93 bits per heavy atom. The highest BCUT2D eigenvalue weighted by molar-refractivity contribution is 5.78. The predicted molar refractivity (Wildman–Crippen MR) is 117 cm³/mol. The average Bonchev–Trinajstić information content (AvgIpc) is 2.78. The van der Waals surface area contributed by atoms with Gasteiger partial charge in [-0.25, -0.2) is 0 Å². The first-order chi connectivity index (χ1) is 14.6. The molecule has 1 N–H and O–H groups in total. The normalized spacial score (nSPS) is 17.8. The lowest BCUT2D eigenvalue weighted by molar-refractivity contribution is -0.123. The van der Waals surface area contributed by atoms with Gasteiger partial charge in [-0.15, -0.1) is 0 Å². The summed E-state index contributed by atoms with van der Waals surface area (Å²) in [5.74, 6) is 2.82. The van der Waals surface area contributed by atoms with Crippen LogP contribution in [0.25, 0.3) is 0 Å². The molecule has 1 saturated heterocycles. The maximum Gasteiger partial charge on any atom is 0.234 e. The van der Waals surface area contributed by atoms with Gasteiger partial charge in [-0.3, -0.25) is 9.69 Å². The zero-order valence-corrected chi connectivity index (χ0v) is 18.1. The quantitative estimate of drug-likeness (QED) is 0.681. The van der Waals surface area contributed by atoms with Crippen LogP contribution in [-0.4, -0.2) is 51.3 Å². The van der Waals surface area contributed by atoms with E-state index in [9.17, 15) is 4.79 Å². The van der Waals surface area contributed by atoms with Gasteiger partial charge in [0.05, 0.1) is 33.4 Å². The van der Waals surface area contributed by atoms with Gasteiger partial charge in [-0.1, -0.05) is 18.2 Å². The number of para-hydroxylation sites is 1. The topological polar surface area (TPSA) is 60.0 Å². The van der Waals surface area contributed by atoms with E-state index in [4.69, 9.17) is 14.2 Å². The number of carbonyl (C=O) groups is 1. The smallest absolute Gasteiger partial charge is 0.234 e. The van der Waals surface area contributed by atoms with E-state index < -0.39 is 0 Å². The van der Waals surface area contributed by atoms with Crippen LogP contribution >= 0.6 is 0 Å². The van der Waals surface area contributed by atoms with Gasteiger partial charge in [0.1, 0.15) is 17.2 Å². The molecule has 1 aliphatic rings. The van der Waals surface area contributed by atoms with E-state index in [-0.39, 0.29) is 11.9 Å². The minimum absolute atomic E-state index is 0.0111. The zero-order valence-electron chi connectivity index (χ0n) is 18.1. The van der Waals surface area contributed by atoms with Gasteiger partial charge < -0.3 is 19.5 Å². The molecule has 162 valence electrons. The molecule has 30 heavy (non-hydrogen) atoms. The van der Waals surface area contributed by atoms with Crippen molar-refractivity contribution in [1.29, 1.82) is 0 Å². The molecule has 2 unspecified atom stereocenters. The molecule has 1 amide bonds. The Morgan fingerprint density at radius 1 is 1.13 bits per heavy atom. The number of piperidine rings is 1. The van der Waals surface area contributed by atoms with Crippen molar-refractivity contribution in [2.24, 2.45) is 5.92 Å². The van der Waals surface area contributed by atoms with Gasteiger partial charge in [0.15, 0.2) is 0 Å². The summed E-state index contributed by atoms with van der Waals surface area (Å²) < 4.78 is 16.7. The Morgan fingerprint density at radius 3 is 2.67 bits per heavy atom. The van der Waals surface area contributed by atoms with E-state index in [2.05, 4.69) is 10.2 Å². The number of rotatable bonds is 9. The molecule has 1 aliphatic heterocycles. The minimum Gasteiger partial charge on any atom is -0.497 e. The fourth-order valence-corrected chi connectivity index (χ4v) is 3.91. The highest BCUT2D eigenvalue weighted by atomic mass is 16.5. The lowest BCUT2D eigenvalue weighted by Gasteiger charge is -2.32. The summed E-state index contributed by atoms with van der Waals surface area (Å²) in [7, 11) is 3.26. The average molecular weight is 413 g/mol. The summed E-state index contributed by atoms with van der Waals surface area (Å²) in [6.45, 7) is 4.84. The van der Waals surface area contributed by atoms with Crippen LogP contribution in [0.3, 0.4) is 0 Å². The van der Waals surface area contributed by atoms with Crippen LogP contribution in [0.2, 0.25) is 0 Å². The van der Waals surface area contributed by atoms with Gasteiger partial charge in [-0.05, 0) is 56.6 Å². The number of likely N-dealkylation sites (tertiary alicyclic amines) is 1. The third kappa shape index (κ3) is 6.13. The largest absolute Gasteiger partial charge is 0.497 e. The molecule has 2 aromatic carbocycles. The molecule has 0 radical (unpaired) electrons. The fourth-order valence-electron chi connectivity index (χ4n) is 3.91. The van der Waals surface area contributed by atoms with Gasteiger partial charge >= 0.3 is 0 Å². The first-order valence-electron chi connectivity index (χ1n) is 10.5. The Kier molecular flexibility index (Phi) is 7.97. The van der Waals surface area contributed by atoms with Crippen LogP contribution < -0.4 is 19.5 Å². The summed E-state index contributed by atoms with van der Waals surface area (Å²) in [6.07, 6.45) is 2.21. The third-order valence-corrected chi connectivity index (χ3v) is 5.48. The second kappa shape index (κ2) is 10.9. The standard InChI is InChI=1S/C24H32N2O4/c1-18(22-14-21(28-2)11-12-23(22)29-3)25-24(27)16-26-13-7-8-19(15-26)17-30-20-9-5-4-6-10-20/h4-6,9-12,14,18-19H,7-8,13,15-17H2,1-3H3,(H,25,27). The second-order valence-electron chi connectivity index (χ2n) is 7.76. The van der Waals surface area contributed by atoms with Crippen molar-refractivity contribution in [2.45, 2.75) is 25.8 Å².